The van der Waals surface area contributed by atoms with Crippen molar-refractivity contribution in [2.75, 3.05) is 37.5 Å². The summed E-state index contributed by atoms with van der Waals surface area (Å²) in [5.41, 5.74) is 4.44. The molecule has 2 aromatic heterocycles. The molecule has 53 heavy (non-hydrogen) atoms. The van der Waals surface area contributed by atoms with Crippen LogP contribution in [0, 0.1) is 17.8 Å². The topological polar surface area (TPSA) is 128 Å². The molecule has 278 valence electrons. The van der Waals surface area contributed by atoms with Crippen molar-refractivity contribution in [3.05, 3.63) is 94.4 Å². The van der Waals surface area contributed by atoms with Crippen LogP contribution in [-0.4, -0.2) is 69.2 Å². The van der Waals surface area contributed by atoms with Crippen molar-refractivity contribution in [3.8, 4) is 5.75 Å². The largest absolute Gasteiger partial charge is 0.490 e. The lowest BCUT2D eigenvalue weighted by Crippen LogP contribution is -2.49. The van der Waals surface area contributed by atoms with Gasteiger partial charge in [-0.25, -0.2) is 9.19 Å². The van der Waals surface area contributed by atoms with Crippen molar-refractivity contribution in [1.82, 2.24) is 19.3 Å². The number of amides is 2. The Morgan fingerprint density at radius 3 is 2.81 bits per heavy atom. The number of carbonyl (C=O) groups is 2. The molecule has 2 aromatic carbocycles. The molecule has 1 unspecified atom stereocenters. The minimum absolute atomic E-state index is 0.0267. The second kappa shape index (κ2) is 14.2. The summed E-state index contributed by atoms with van der Waals surface area (Å²) in [6.07, 6.45) is 14.4. The number of nitrogens with one attached hydrogen (secondary N) is 1. The third-order valence-corrected chi connectivity index (χ3v) is 13.8. The highest BCUT2D eigenvalue weighted by Gasteiger charge is 2.44. The van der Waals surface area contributed by atoms with Crippen LogP contribution in [-0.2, 0) is 33.5 Å². The summed E-state index contributed by atoms with van der Waals surface area (Å²) in [6.45, 7) is 3.92. The Balaban J connectivity index is 1.20. The molecule has 0 saturated heterocycles. The number of halogens is 1. The van der Waals surface area contributed by atoms with Gasteiger partial charge in [0.2, 0.25) is 0 Å². The van der Waals surface area contributed by atoms with Gasteiger partial charge in [0, 0.05) is 61.8 Å². The molecule has 4 heterocycles. The van der Waals surface area contributed by atoms with Gasteiger partial charge in [-0.1, -0.05) is 36.7 Å². The summed E-state index contributed by atoms with van der Waals surface area (Å²) in [5, 5.41) is 0.736. The highest BCUT2D eigenvalue weighted by molar-refractivity contribution is 7.92. The number of hydrogen-bond acceptors (Lipinski definition) is 8. The summed E-state index contributed by atoms with van der Waals surface area (Å²) >= 11 is 6.47. The van der Waals surface area contributed by atoms with Gasteiger partial charge in [-0.15, -0.1) is 4.36 Å². The molecule has 4 aromatic rings. The van der Waals surface area contributed by atoms with E-state index in [0.717, 1.165) is 49.4 Å². The summed E-state index contributed by atoms with van der Waals surface area (Å²) in [6, 6.07) is 11.6. The SMILES string of the molecule is CO[C@H]1/C=C/C[C@H](C)CS(=O)(NC(=O)c2cn(C)c3nccnc23)=NC(=O)c2ccc3c(c2)N(C[C@@H]2CC[C@H]21)C[C@@]1(CCCc2cc(Cl)ccc21)CO3. The second-order valence-electron chi connectivity index (χ2n) is 15.3. The van der Waals surface area contributed by atoms with Crippen LogP contribution < -0.4 is 14.4 Å². The quantitative estimate of drug-likeness (QED) is 0.229. The lowest BCUT2D eigenvalue weighted by atomic mass is 9.68. The van der Waals surface area contributed by atoms with Gasteiger partial charge in [0.05, 0.1) is 29.7 Å². The molecule has 1 N–H and O–H groups in total. The number of carbonyl (C=O) groups excluding carboxylic acids is 2. The molecule has 1 spiro atoms. The Bertz CT molecular complexity index is 2250. The summed E-state index contributed by atoms with van der Waals surface area (Å²) < 4.78 is 36.1. The smallest absolute Gasteiger partial charge is 0.286 e. The summed E-state index contributed by atoms with van der Waals surface area (Å²) in [4.78, 5) is 38.9. The van der Waals surface area contributed by atoms with E-state index in [9.17, 15) is 13.8 Å². The first-order valence-corrected chi connectivity index (χ1v) is 20.5. The summed E-state index contributed by atoms with van der Waals surface area (Å²) in [7, 11) is -0.0801. The molecule has 2 amide bonds. The number of fused-ring (bicyclic) bond motifs is 5. The van der Waals surface area contributed by atoms with Crippen molar-refractivity contribution in [2.24, 2.45) is 29.2 Å². The molecule has 11 nitrogen and oxygen atoms in total. The van der Waals surface area contributed by atoms with Gasteiger partial charge in [-0.3, -0.25) is 19.3 Å². The lowest BCUT2D eigenvalue weighted by molar-refractivity contribution is 0.0131. The first kappa shape index (κ1) is 35.8. The minimum atomic E-state index is -3.60. The Labute approximate surface area is 315 Å². The third kappa shape index (κ3) is 6.85. The number of benzene rings is 2. The first-order chi connectivity index (χ1) is 25.5. The predicted molar refractivity (Wildman–Crippen MR) is 206 cm³/mol. The van der Waals surface area contributed by atoms with Crippen molar-refractivity contribution in [1.29, 1.82) is 0 Å². The number of methoxy groups -OCH3 is 1. The molecule has 4 aliphatic rings. The number of rotatable bonds is 3. The fraction of sp³-hybridized carbons (Fsp3) is 0.450. The van der Waals surface area contributed by atoms with Crippen LogP contribution in [0.25, 0.3) is 11.2 Å². The van der Waals surface area contributed by atoms with E-state index in [1.165, 1.54) is 17.3 Å². The van der Waals surface area contributed by atoms with Crippen LogP contribution in [0.1, 0.15) is 70.9 Å². The van der Waals surface area contributed by atoms with E-state index in [4.69, 9.17) is 21.1 Å². The highest BCUT2D eigenvalue weighted by Crippen LogP contribution is 2.47. The van der Waals surface area contributed by atoms with E-state index in [1.807, 2.05) is 25.1 Å². The zero-order valence-electron chi connectivity index (χ0n) is 30.3. The highest BCUT2D eigenvalue weighted by atomic mass is 35.5. The molecule has 8 rings (SSSR count). The number of aryl methyl sites for hydroxylation is 2. The van der Waals surface area contributed by atoms with E-state index >= 15 is 0 Å². The van der Waals surface area contributed by atoms with Gasteiger partial charge < -0.3 is 18.9 Å². The fourth-order valence-electron chi connectivity index (χ4n) is 8.83. The minimum Gasteiger partial charge on any atom is -0.490 e. The van der Waals surface area contributed by atoms with Gasteiger partial charge in [-0.05, 0) is 97.7 Å². The van der Waals surface area contributed by atoms with Crippen molar-refractivity contribution >= 4 is 50.2 Å². The Hall–Kier alpha value is -4.26. The van der Waals surface area contributed by atoms with Crippen LogP contribution in [0.3, 0.4) is 0 Å². The zero-order chi connectivity index (χ0) is 36.9. The van der Waals surface area contributed by atoms with E-state index in [2.05, 4.69) is 48.2 Å². The predicted octanol–water partition coefficient (Wildman–Crippen LogP) is 6.69. The number of aromatic nitrogens is 3. The van der Waals surface area contributed by atoms with Crippen LogP contribution in [0.15, 0.2) is 71.5 Å². The van der Waals surface area contributed by atoms with Gasteiger partial charge in [0.15, 0.2) is 5.65 Å². The third-order valence-electron chi connectivity index (χ3n) is 11.6. The maximum Gasteiger partial charge on any atom is 0.286 e. The number of ether oxygens (including phenoxy) is 2. The maximum absolute atomic E-state index is 14.7. The van der Waals surface area contributed by atoms with Crippen LogP contribution in [0.5, 0.6) is 5.75 Å². The maximum atomic E-state index is 14.7. The van der Waals surface area contributed by atoms with E-state index in [0.29, 0.717) is 48.3 Å². The Morgan fingerprint density at radius 1 is 1.15 bits per heavy atom. The molecule has 1 fully saturated rings. The van der Waals surface area contributed by atoms with Gasteiger partial charge in [0.1, 0.15) is 21.2 Å². The van der Waals surface area contributed by atoms with Crippen LogP contribution in [0.2, 0.25) is 5.02 Å². The molecule has 13 heteroatoms. The molecule has 6 atom stereocenters. The van der Waals surface area contributed by atoms with Gasteiger partial charge in [0.25, 0.3) is 11.8 Å². The standard InChI is InChI=1S/C40H45ClN6O5S/c1-25-6-4-8-34(51-3)30-12-9-28(30)20-47-23-40(15-5-7-26-18-29(41)11-13-32(26)40)24-52-35-14-10-27(19-33(35)47)38(48)44-53(50,22-25)45-39(49)31-21-46(2)37-36(31)42-16-17-43-37/h4,8,10-11,13-14,16-19,21,25,28,30,34H,5-7,9,12,15,20,22-24H2,1-3H3,(H,44,45,48,49,50)/b8-4+/t25-,28-,30+,34-,40-,53?/m0/s1. The fourth-order valence-corrected chi connectivity index (χ4v) is 10.9. The van der Waals surface area contributed by atoms with Crippen molar-refractivity contribution in [3.63, 3.8) is 0 Å². The van der Waals surface area contributed by atoms with Crippen LogP contribution >= 0.6 is 11.6 Å². The Kier molecular flexibility index (Phi) is 9.57. The van der Waals surface area contributed by atoms with E-state index in [1.54, 1.807) is 37.2 Å². The monoisotopic (exact) mass is 756 g/mol. The average molecular weight is 757 g/mol. The molecule has 2 aliphatic carbocycles. The van der Waals surface area contributed by atoms with Crippen molar-refractivity contribution < 1.29 is 23.3 Å². The molecular weight excluding hydrogens is 712 g/mol. The zero-order valence-corrected chi connectivity index (χ0v) is 31.9. The molecule has 0 radical (unpaired) electrons. The average Bonchev–Trinajstić information content (AvgIpc) is 3.38. The van der Waals surface area contributed by atoms with Crippen molar-refractivity contribution in [2.45, 2.75) is 57.0 Å². The normalized spacial score (nSPS) is 29.2. The molecular formula is C40H45ClN6O5S. The second-order valence-corrected chi connectivity index (χ2v) is 17.7. The first-order valence-electron chi connectivity index (χ1n) is 18.4. The molecule has 2 bridgehead atoms. The van der Waals surface area contributed by atoms with Gasteiger partial charge in [-0.2, -0.15) is 0 Å². The van der Waals surface area contributed by atoms with E-state index < -0.39 is 21.7 Å². The Morgan fingerprint density at radius 2 is 2.00 bits per heavy atom. The molecule has 1 saturated carbocycles. The molecule has 2 aliphatic heterocycles. The number of hydrogen-bond donors (Lipinski definition) is 1. The van der Waals surface area contributed by atoms with E-state index in [-0.39, 0.29) is 34.3 Å². The number of anilines is 1. The lowest BCUT2D eigenvalue weighted by Gasteiger charge is -2.46. The van der Waals surface area contributed by atoms with Gasteiger partial charge >= 0.3 is 0 Å². The van der Waals surface area contributed by atoms with Crippen LogP contribution in [0.4, 0.5) is 5.69 Å². The number of nitrogens with zero attached hydrogens (tertiary/aromatic N) is 5. The summed E-state index contributed by atoms with van der Waals surface area (Å²) in [5.74, 6) is -0.101. The number of allylic oxidation sites excluding steroid dienone is 1.